The fourth-order valence-corrected chi connectivity index (χ4v) is 5.06. The van der Waals surface area contributed by atoms with Crippen LogP contribution in [0.1, 0.15) is 24.7 Å². The van der Waals surface area contributed by atoms with Gasteiger partial charge in [-0.3, -0.25) is 0 Å². The van der Waals surface area contributed by atoms with Gasteiger partial charge in [-0.2, -0.15) is 4.31 Å². The Morgan fingerprint density at radius 2 is 1.68 bits per heavy atom. The van der Waals surface area contributed by atoms with Crippen LogP contribution in [0.5, 0.6) is 11.5 Å². The Bertz CT molecular complexity index is 1160. The van der Waals surface area contributed by atoms with E-state index in [1.807, 2.05) is 0 Å². The van der Waals surface area contributed by atoms with E-state index in [9.17, 15) is 12.8 Å². The molecule has 0 spiro atoms. The Kier molecular flexibility index (Phi) is 5.92. The fraction of sp³-hybridized carbons (Fsp3) is 0.333. The van der Waals surface area contributed by atoms with Crippen molar-refractivity contribution in [3.8, 4) is 23.0 Å². The number of halogens is 1. The predicted octanol–water partition coefficient (Wildman–Crippen LogP) is 3.46. The molecule has 1 aliphatic rings. The summed E-state index contributed by atoms with van der Waals surface area (Å²) in [7, 11) is -0.713. The third kappa shape index (κ3) is 4.26. The summed E-state index contributed by atoms with van der Waals surface area (Å²) in [5, 5.41) is 8.16. The van der Waals surface area contributed by atoms with Gasteiger partial charge in [0.15, 0.2) is 11.5 Å². The zero-order chi connectivity index (χ0) is 22.0. The number of piperidine rings is 1. The van der Waals surface area contributed by atoms with Crippen molar-refractivity contribution in [1.29, 1.82) is 0 Å². The minimum atomic E-state index is -3.67. The van der Waals surface area contributed by atoms with Crippen LogP contribution < -0.4 is 9.47 Å². The van der Waals surface area contributed by atoms with Gasteiger partial charge < -0.3 is 13.9 Å². The van der Waals surface area contributed by atoms with Gasteiger partial charge in [-0.1, -0.05) is 0 Å². The smallest absolute Gasteiger partial charge is 0.247 e. The Balaban J connectivity index is 1.45. The molecular formula is C21H22FN3O5S. The third-order valence-electron chi connectivity index (χ3n) is 5.33. The number of rotatable bonds is 6. The first kappa shape index (κ1) is 21.3. The van der Waals surface area contributed by atoms with Crippen LogP contribution >= 0.6 is 0 Å². The molecule has 8 nitrogen and oxygen atoms in total. The molecule has 2 heterocycles. The van der Waals surface area contributed by atoms with E-state index in [2.05, 4.69) is 10.2 Å². The Hall–Kier alpha value is -2.98. The summed E-state index contributed by atoms with van der Waals surface area (Å²) in [6.07, 6.45) is 1.11. The van der Waals surface area contributed by atoms with Gasteiger partial charge in [-0.25, -0.2) is 12.8 Å². The molecule has 0 unspecified atom stereocenters. The Morgan fingerprint density at radius 1 is 1.00 bits per heavy atom. The van der Waals surface area contributed by atoms with E-state index in [-0.39, 0.29) is 16.6 Å². The zero-order valence-electron chi connectivity index (χ0n) is 17.1. The second kappa shape index (κ2) is 8.64. The number of aromatic nitrogens is 2. The van der Waals surface area contributed by atoms with E-state index in [0.29, 0.717) is 54.8 Å². The molecule has 0 radical (unpaired) electrons. The maximum absolute atomic E-state index is 13.1. The molecule has 4 rings (SSSR count). The van der Waals surface area contributed by atoms with Gasteiger partial charge in [-0.15, -0.1) is 10.2 Å². The van der Waals surface area contributed by atoms with Crippen LogP contribution in [-0.2, 0) is 10.0 Å². The lowest BCUT2D eigenvalue weighted by molar-refractivity contribution is 0.291. The van der Waals surface area contributed by atoms with Gasteiger partial charge >= 0.3 is 0 Å². The summed E-state index contributed by atoms with van der Waals surface area (Å²) in [6, 6.07) is 10.4. The molecule has 3 aromatic rings. The first-order valence-corrected chi connectivity index (χ1v) is 11.2. The molecule has 31 heavy (non-hydrogen) atoms. The number of sulfonamides is 1. The third-order valence-corrected chi connectivity index (χ3v) is 7.22. The minimum Gasteiger partial charge on any atom is -0.493 e. The zero-order valence-corrected chi connectivity index (χ0v) is 17.9. The van der Waals surface area contributed by atoms with Gasteiger partial charge in [0.25, 0.3) is 0 Å². The lowest BCUT2D eigenvalue weighted by atomic mass is 9.98. The van der Waals surface area contributed by atoms with Gasteiger partial charge in [-0.05, 0) is 49.2 Å². The van der Waals surface area contributed by atoms with E-state index >= 15 is 0 Å². The normalized spacial score (nSPS) is 15.7. The van der Waals surface area contributed by atoms with E-state index in [1.54, 1.807) is 18.2 Å². The van der Waals surface area contributed by atoms with Crippen LogP contribution in [0.25, 0.3) is 11.5 Å². The van der Waals surface area contributed by atoms with Crippen molar-refractivity contribution in [2.75, 3.05) is 27.3 Å². The van der Waals surface area contributed by atoms with Crippen molar-refractivity contribution < 1.29 is 26.7 Å². The first-order chi connectivity index (χ1) is 14.9. The first-order valence-electron chi connectivity index (χ1n) is 9.74. The average molecular weight is 447 g/mol. The van der Waals surface area contributed by atoms with Crippen molar-refractivity contribution in [2.45, 2.75) is 23.7 Å². The maximum Gasteiger partial charge on any atom is 0.247 e. The highest BCUT2D eigenvalue weighted by molar-refractivity contribution is 7.89. The Morgan fingerprint density at radius 3 is 2.32 bits per heavy atom. The second-order valence-corrected chi connectivity index (χ2v) is 9.09. The van der Waals surface area contributed by atoms with Crippen molar-refractivity contribution in [3.05, 3.63) is 54.2 Å². The molecule has 0 atom stereocenters. The molecule has 0 N–H and O–H groups in total. The summed E-state index contributed by atoms with van der Waals surface area (Å²) in [4.78, 5) is 0.153. The molecule has 1 aliphatic heterocycles. The van der Waals surface area contributed by atoms with Crippen LogP contribution in [0.2, 0.25) is 0 Å². The van der Waals surface area contributed by atoms with E-state index in [1.165, 1.54) is 42.8 Å². The summed E-state index contributed by atoms with van der Waals surface area (Å²) >= 11 is 0. The minimum absolute atomic E-state index is 0.0430. The van der Waals surface area contributed by atoms with Crippen molar-refractivity contribution >= 4 is 10.0 Å². The SMILES string of the molecule is COc1ccc(S(=O)(=O)N2CCC(c3nnc(-c4ccc(F)cc4)o3)CC2)cc1OC. The van der Waals surface area contributed by atoms with Gasteiger partial charge in [0.1, 0.15) is 5.82 Å². The highest BCUT2D eigenvalue weighted by atomic mass is 32.2. The van der Waals surface area contributed by atoms with E-state index in [0.717, 1.165) is 0 Å². The van der Waals surface area contributed by atoms with Crippen LogP contribution in [-0.4, -0.2) is 50.2 Å². The maximum atomic E-state index is 13.1. The summed E-state index contributed by atoms with van der Waals surface area (Å²) in [6.45, 7) is 0.658. The second-order valence-electron chi connectivity index (χ2n) is 7.15. The monoisotopic (exact) mass is 447 g/mol. The summed E-state index contributed by atoms with van der Waals surface area (Å²) in [5.74, 6) is 1.22. The number of ether oxygens (including phenoxy) is 2. The topological polar surface area (TPSA) is 94.8 Å². The molecule has 2 aromatic carbocycles. The van der Waals surface area contributed by atoms with Gasteiger partial charge in [0.05, 0.1) is 19.1 Å². The van der Waals surface area contributed by atoms with Crippen LogP contribution in [0.4, 0.5) is 4.39 Å². The highest BCUT2D eigenvalue weighted by Crippen LogP contribution is 2.34. The largest absolute Gasteiger partial charge is 0.493 e. The van der Waals surface area contributed by atoms with E-state index in [4.69, 9.17) is 13.9 Å². The van der Waals surface area contributed by atoms with Crippen LogP contribution in [0.15, 0.2) is 51.8 Å². The summed E-state index contributed by atoms with van der Waals surface area (Å²) in [5.41, 5.74) is 0.633. The average Bonchev–Trinajstić information content (AvgIpc) is 3.29. The van der Waals surface area contributed by atoms with Crippen molar-refractivity contribution in [1.82, 2.24) is 14.5 Å². The lowest BCUT2D eigenvalue weighted by Crippen LogP contribution is -2.38. The molecule has 1 fully saturated rings. The quantitative estimate of drug-likeness (QED) is 0.571. The van der Waals surface area contributed by atoms with E-state index < -0.39 is 10.0 Å². The molecule has 0 amide bonds. The van der Waals surface area contributed by atoms with Crippen molar-refractivity contribution in [2.24, 2.45) is 0 Å². The number of hydrogen-bond acceptors (Lipinski definition) is 7. The predicted molar refractivity (Wildman–Crippen MR) is 110 cm³/mol. The summed E-state index contributed by atoms with van der Waals surface area (Å²) < 4.78 is 56.8. The van der Waals surface area contributed by atoms with Gasteiger partial charge in [0, 0.05) is 30.6 Å². The molecule has 0 aliphatic carbocycles. The number of hydrogen-bond donors (Lipinski definition) is 0. The lowest BCUT2D eigenvalue weighted by Gasteiger charge is -2.29. The van der Waals surface area contributed by atoms with Crippen molar-refractivity contribution in [3.63, 3.8) is 0 Å². The highest BCUT2D eigenvalue weighted by Gasteiger charge is 2.32. The van der Waals surface area contributed by atoms with Crippen LogP contribution in [0.3, 0.4) is 0 Å². The number of nitrogens with zero attached hydrogens (tertiary/aromatic N) is 3. The van der Waals surface area contributed by atoms with Gasteiger partial charge in [0.2, 0.25) is 21.8 Å². The molecule has 1 saturated heterocycles. The van der Waals surface area contributed by atoms with Crippen LogP contribution in [0, 0.1) is 5.82 Å². The molecule has 1 aromatic heterocycles. The molecular weight excluding hydrogens is 425 g/mol. The molecule has 0 saturated carbocycles. The molecule has 0 bridgehead atoms. The molecule has 10 heteroatoms. The number of benzene rings is 2. The Labute approximate surface area is 179 Å². The standard InChI is InChI=1S/C21H22FN3O5S/c1-28-18-8-7-17(13-19(18)29-2)31(26,27)25-11-9-15(10-12-25)21-24-23-20(30-21)14-3-5-16(22)6-4-14/h3-8,13,15H,9-12H2,1-2H3. The molecule has 164 valence electrons. The fourth-order valence-electron chi connectivity index (χ4n) is 3.58. The number of methoxy groups -OCH3 is 2.